The molecule has 0 radical (unpaired) electrons. The molecule has 1 amide bonds. The Kier molecular flexibility index (Phi) is 6.70. The van der Waals surface area contributed by atoms with E-state index in [0.29, 0.717) is 4.21 Å². The maximum Gasteiger partial charge on any atom is 0.410 e. The van der Waals surface area contributed by atoms with Crippen LogP contribution in [-0.4, -0.2) is 42.1 Å². The van der Waals surface area contributed by atoms with Crippen molar-refractivity contribution in [2.24, 2.45) is 9.17 Å². The van der Waals surface area contributed by atoms with Crippen molar-refractivity contribution in [1.29, 1.82) is 0 Å². The number of nitrogens with zero attached hydrogens (tertiary/aromatic N) is 2. The Morgan fingerprint density at radius 3 is 2.41 bits per heavy atom. The Labute approximate surface area is 181 Å². The molecule has 0 fully saturated rings. The van der Waals surface area contributed by atoms with Gasteiger partial charge in [0, 0.05) is 24.4 Å². The zero-order chi connectivity index (χ0) is 22.4. The van der Waals surface area contributed by atoms with Gasteiger partial charge in [0.1, 0.15) is 19.7 Å². The van der Waals surface area contributed by atoms with Crippen molar-refractivity contribution in [2.75, 3.05) is 7.05 Å². The molecule has 1 aliphatic carbocycles. The van der Waals surface area contributed by atoms with E-state index in [-0.39, 0.29) is 17.2 Å². The molecule has 2 rings (SSSR count). The first-order valence-corrected chi connectivity index (χ1v) is 15.4. The molecule has 29 heavy (non-hydrogen) atoms. The van der Waals surface area contributed by atoms with E-state index in [4.69, 9.17) is 13.9 Å². The minimum absolute atomic E-state index is 0.0207. The highest BCUT2D eigenvalue weighted by molar-refractivity contribution is 7.94. The summed E-state index contributed by atoms with van der Waals surface area (Å²) in [4.78, 5) is 15.3. The number of likely N-dealkylation sites (N-methyl/N-ethyl adjacent to an activating group) is 1. The van der Waals surface area contributed by atoms with Gasteiger partial charge in [-0.25, -0.2) is 14.1 Å². The lowest BCUT2D eigenvalue weighted by molar-refractivity contribution is 0.0211. The van der Waals surface area contributed by atoms with Crippen LogP contribution in [0, 0.1) is 0 Å². The van der Waals surface area contributed by atoms with Gasteiger partial charge in [-0.1, -0.05) is 20.8 Å². The number of amides is 1. The molecule has 0 saturated carbocycles. The van der Waals surface area contributed by atoms with Crippen LogP contribution in [0.2, 0.25) is 18.1 Å². The summed E-state index contributed by atoms with van der Waals surface area (Å²) in [5, 5.41) is 6.25. The van der Waals surface area contributed by atoms with E-state index >= 15 is 0 Å². The number of aryl methyl sites for hydroxylation is 1. The Morgan fingerprint density at radius 2 is 1.90 bits per heavy atom. The van der Waals surface area contributed by atoms with Crippen LogP contribution >= 0.6 is 11.3 Å². The van der Waals surface area contributed by atoms with Crippen molar-refractivity contribution < 1.29 is 13.7 Å². The Hall–Kier alpha value is -0.903. The molecule has 2 atom stereocenters. The van der Waals surface area contributed by atoms with Gasteiger partial charge >= 0.3 is 6.09 Å². The predicted molar refractivity (Wildman–Crippen MR) is 124 cm³/mol. The fraction of sp³-hybridized carbons (Fsp3) is 0.750. The lowest BCUT2D eigenvalue weighted by atomic mass is 9.94. The largest absolute Gasteiger partial charge is 0.444 e. The third-order valence-corrected chi connectivity index (χ3v) is 15.0. The summed E-state index contributed by atoms with van der Waals surface area (Å²) < 4.78 is 24.2. The number of fused-ring (bicyclic) bond motifs is 1. The first-order valence-electron chi connectivity index (χ1n) is 10.1. The second-order valence-corrected chi connectivity index (χ2v) is 18.8. The van der Waals surface area contributed by atoms with E-state index in [1.807, 2.05) is 26.8 Å². The highest BCUT2D eigenvalue weighted by Gasteiger charge is 2.38. The summed E-state index contributed by atoms with van der Waals surface area (Å²) >= 11 is 1.49. The monoisotopic (exact) mass is 459 g/mol. The number of ether oxygens (including phenoxy) is 1. The van der Waals surface area contributed by atoms with Crippen molar-refractivity contribution in [1.82, 2.24) is 4.90 Å². The van der Waals surface area contributed by atoms with Gasteiger partial charge in [-0.05, 0) is 63.4 Å². The highest BCUT2D eigenvalue weighted by Crippen LogP contribution is 2.39. The number of carbonyl (C=O) groups is 1. The number of thiophene rings is 1. The predicted octanol–water partition coefficient (Wildman–Crippen LogP) is 5.18. The molecule has 0 aromatic carbocycles. The Bertz CT molecular complexity index is 888. The quantitative estimate of drug-likeness (QED) is 0.632. The van der Waals surface area contributed by atoms with Gasteiger partial charge in [-0.3, -0.25) is 4.03 Å². The molecule has 0 spiro atoms. The van der Waals surface area contributed by atoms with Crippen molar-refractivity contribution in [3.8, 4) is 0 Å². The fourth-order valence-corrected chi connectivity index (χ4v) is 9.55. The molecule has 1 aromatic rings. The van der Waals surface area contributed by atoms with Crippen LogP contribution in [0.15, 0.2) is 14.3 Å². The number of hydrogen-bond donors (Lipinski definition) is 1. The second kappa shape index (κ2) is 7.98. The number of hydrogen-bond acceptors (Lipinski definition) is 5. The topological polar surface area (TPSA) is 85.0 Å². The van der Waals surface area contributed by atoms with Crippen molar-refractivity contribution in [3.63, 3.8) is 0 Å². The summed E-state index contributed by atoms with van der Waals surface area (Å²) in [5.74, 6) is 0. The zero-order valence-electron chi connectivity index (χ0n) is 19.3. The zero-order valence-corrected chi connectivity index (χ0v) is 21.9. The molecular weight excluding hydrogens is 422 g/mol. The average molecular weight is 460 g/mol. The average Bonchev–Trinajstić information content (AvgIpc) is 2.94. The van der Waals surface area contributed by atoms with E-state index in [1.54, 1.807) is 11.9 Å². The maximum atomic E-state index is 13.3. The van der Waals surface area contributed by atoms with Gasteiger partial charge in [-0.2, -0.15) is 0 Å². The van der Waals surface area contributed by atoms with E-state index in [9.17, 15) is 9.00 Å². The minimum atomic E-state index is -2.92. The molecule has 0 bridgehead atoms. The van der Waals surface area contributed by atoms with Gasteiger partial charge in [0.15, 0.2) is 8.24 Å². The molecule has 1 heterocycles. The first kappa shape index (κ1) is 24.4. The standard InChI is InChI=1S/C20H37N3O3S2Si/c1-19(2,3)26-18(24)23(7)15-11-10-14-12-17(27-16(14)13-15)28(21,25)22-29(8,9)20(4,5)6/h12,15H,10-11,13H2,1-9H3,(H2,21,22,25). The van der Waals surface area contributed by atoms with Crippen LogP contribution in [0.3, 0.4) is 0 Å². The van der Waals surface area contributed by atoms with Gasteiger partial charge in [0.25, 0.3) is 0 Å². The lowest BCUT2D eigenvalue weighted by Gasteiger charge is -2.32. The van der Waals surface area contributed by atoms with E-state index < -0.39 is 23.8 Å². The van der Waals surface area contributed by atoms with Gasteiger partial charge < -0.3 is 9.64 Å². The fourth-order valence-electron chi connectivity index (χ4n) is 2.94. The second-order valence-electron chi connectivity index (χ2n) is 10.5. The molecule has 1 aromatic heterocycles. The summed E-state index contributed by atoms with van der Waals surface area (Å²) in [6.45, 7) is 16.2. The maximum absolute atomic E-state index is 13.3. The van der Waals surface area contributed by atoms with Gasteiger partial charge in [-0.15, -0.1) is 11.3 Å². The van der Waals surface area contributed by atoms with Crippen LogP contribution < -0.4 is 5.14 Å². The molecule has 2 N–H and O–H groups in total. The van der Waals surface area contributed by atoms with Crippen molar-refractivity contribution in [2.45, 2.75) is 94.8 Å². The molecule has 0 aliphatic heterocycles. The summed E-state index contributed by atoms with van der Waals surface area (Å²) in [6.07, 6.45) is 2.10. The molecule has 6 nitrogen and oxygen atoms in total. The number of nitrogens with two attached hydrogens (primary N) is 1. The van der Waals surface area contributed by atoms with Crippen LogP contribution in [0.4, 0.5) is 4.79 Å². The molecule has 0 saturated heterocycles. The van der Waals surface area contributed by atoms with E-state index in [0.717, 1.165) is 24.1 Å². The number of rotatable bonds is 3. The lowest BCUT2D eigenvalue weighted by Crippen LogP contribution is -2.43. The van der Waals surface area contributed by atoms with Gasteiger partial charge in [0.2, 0.25) is 0 Å². The molecule has 1 aliphatic rings. The third-order valence-electron chi connectivity index (χ3n) is 5.76. The normalized spacial score (nSPS) is 19.9. The first-order chi connectivity index (χ1) is 12.9. The van der Waals surface area contributed by atoms with E-state index in [1.165, 1.54) is 16.9 Å². The molecular formula is C20H37N3O3S2Si. The minimum Gasteiger partial charge on any atom is -0.444 e. The van der Waals surface area contributed by atoms with Gasteiger partial charge in [0.05, 0.1) is 0 Å². The summed E-state index contributed by atoms with van der Waals surface area (Å²) in [5.41, 5.74) is 0.667. The van der Waals surface area contributed by atoms with Crippen LogP contribution in [0.5, 0.6) is 0 Å². The summed E-state index contributed by atoms with van der Waals surface area (Å²) in [7, 11) is -3.28. The Morgan fingerprint density at radius 1 is 1.31 bits per heavy atom. The highest BCUT2D eigenvalue weighted by atomic mass is 32.2. The van der Waals surface area contributed by atoms with Crippen LogP contribution in [0.25, 0.3) is 0 Å². The Balaban J connectivity index is 2.25. The van der Waals surface area contributed by atoms with E-state index in [2.05, 4.69) is 33.9 Å². The molecule has 2 unspecified atom stereocenters. The third kappa shape index (κ3) is 5.83. The van der Waals surface area contributed by atoms with Crippen LogP contribution in [-0.2, 0) is 27.5 Å². The van der Waals surface area contributed by atoms with Crippen molar-refractivity contribution >= 4 is 35.6 Å². The van der Waals surface area contributed by atoms with Crippen molar-refractivity contribution in [3.05, 3.63) is 16.5 Å². The number of carbonyl (C=O) groups excluding carboxylic acids is 1. The van der Waals surface area contributed by atoms with Crippen LogP contribution in [0.1, 0.15) is 58.4 Å². The molecule has 9 heteroatoms. The smallest absolute Gasteiger partial charge is 0.410 e. The SMILES string of the molecule is CN(C(=O)OC(C)(C)C)C1CCc2cc(S(N)(=O)=N[Si](C)(C)C(C)(C)C)sc2C1. The summed E-state index contributed by atoms with van der Waals surface area (Å²) in [6, 6.07) is 2.04. The molecule has 166 valence electrons.